The minimum Gasteiger partial charge on any atom is -0.491 e. The summed E-state index contributed by atoms with van der Waals surface area (Å²) in [6, 6.07) is 8.48. The molecule has 0 atom stereocenters. The number of benzene rings is 1. The number of nitrogens with zero attached hydrogens (tertiary/aromatic N) is 1. The molecule has 3 heteroatoms. The van der Waals surface area contributed by atoms with Gasteiger partial charge in [-0.1, -0.05) is 19.1 Å². The summed E-state index contributed by atoms with van der Waals surface area (Å²) in [5.41, 5.74) is 1.39. The van der Waals surface area contributed by atoms with Gasteiger partial charge in [0.05, 0.1) is 6.10 Å². The van der Waals surface area contributed by atoms with E-state index in [0.29, 0.717) is 0 Å². The highest BCUT2D eigenvalue weighted by Gasteiger charge is 1.99. The van der Waals surface area contributed by atoms with Crippen LogP contribution in [0.2, 0.25) is 0 Å². The van der Waals surface area contributed by atoms with E-state index in [2.05, 4.69) is 57.0 Å². The SMILES string of the molecule is CCN(C)CCCc1ccc(OC(C)C)cc1.O. The average Bonchev–Trinajstić information content (AvgIpc) is 2.30. The van der Waals surface area contributed by atoms with E-state index >= 15 is 0 Å². The molecule has 1 rings (SSSR count). The number of ether oxygens (including phenoxy) is 1. The normalized spacial score (nSPS) is 10.6. The molecule has 0 heterocycles. The summed E-state index contributed by atoms with van der Waals surface area (Å²) in [6.45, 7) is 8.59. The second-order valence-electron chi connectivity index (χ2n) is 4.81. The van der Waals surface area contributed by atoms with Crippen LogP contribution in [0.25, 0.3) is 0 Å². The zero-order chi connectivity index (χ0) is 12.7. The van der Waals surface area contributed by atoms with E-state index < -0.39 is 0 Å². The molecule has 0 aliphatic heterocycles. The molecule has 0 aliphatic rings. The summed E-state index contributed by atoms with van der Waals surface area (Å²) in [5.74, 6) is 0.967. The Morgan fingerprint density at radius 1 is 1.17 bits per heavy atom. The molecule has 0 bridgehead atoms. The maximum Gasteiger partial charge on any atom is 0.119 e. The average molecular weight is 253 g/mol. The molecule has 2 N–H and O–H groups in total. The zero-order valence-corrected chi connectivity index (χ0v) is 12.1. The molecule has 18 heavy (non-hydrogen) atoms. The molecule has 0 saturated heterocycles. The molecular formula is C15H27NO2. The topological polar surface area (TPSA) is 44.0 Å². The van der Waals surface area contributed by atoms with Crippen LogP contribution < -0.4 is 4.74 Å². The third kappa shape index (κ3) is 6.62. The molecule has 0 radical (unpaired) electrons. The van der Waals surface area contributed by atoms with Crippen LogP contribution in [0.15, 0.2) is 24.3 Å². The quantitative estimate of drug-likeness (QED) is 0.749. The first-order chi connectivity index (χ1) is 8.11. The number of hydrogen-bond donors (Lipinski definition) is 0. The Morgan fingerprint density at radius 2 is 1.78 bits per heavy atom. The third-order valence-corrected chi connectivity index (χ3v) is 2.84. The van der Waals surface area contributed by atoms with Crippen LogP contribution >= 0.6 is 0 Å². The summed E-state index contributed by atoms with van der Waals surface area (Å²) >= 11 is 0. The van der Waals surface area contributed by atoms with Crippen LogP contribution in [0.1, 0.15) is 32.8 Å². The van der Waals surface area contributed by atoms with Crippen molar-refractivity contribution >= 4 is 0 Å². The Kier molecular flexibility index (Phi) is 8.42. The lowest BCUT2D eigenvalue weighted by atomic mass is 10.1. The Morgan fingerprint density at radius 3 is 2.28 bits per heavy atom. The molecule has 0 fully saturated rings. The summed E-state index contributed by atoms with van der Waals surface area (Å²) < 4.78 is 5.62. The standard InChI is InChI=1S/C15H25NO.H2O/c1-5-16(4)12-6-7-14-8-10-15(11-9-14)17-13(2)3;/h8-11,13H,5-7,12H2,1-4H3;1H2. The van der Waals surface area contributed by atoms with E-state index in [1.807, 2.05) is 0 Å². The van der Waals surface area contributed by atoms with Crippen molar-refractivity contribution in [3.05, 3.63) is 29.8 Å². The summed E-state index contributed by atoms with van der Waals surface area (Å²) in [5, 5.41) is 0. The van der Waals surface area contributed by atoms with Crippen molar-refractivity contribution in [1.82, 2.24) is 4.90 Å². The highest BCUT2D eigenvalue weighted by molar-refractivity contribution is 5.27. The summed E-state index contributed by atoms with van der Waals surface area (Å²) in [6.07, 6.45) is 2.61. The van der Waals surface area contributed by atoms with E-state index in [1.54, 1.807) is 0 Å². The van der Waals surface area contributed by atoms with Gasteiger partial charge in [0.1, 0.15) is 5.75 Å². The molecule has 3 nitrogen and oxygen atoms in total. The fourth-order valence-corrected chi connectivity index (χ4v) is 1.72. The predicted octanol–water partition coefficient (Wildman–Crippen LogP) is 2.53. The van der Waals surface area contributed by atoms with Crippen molar-refractivity contribution in [2.75, 3.05) is 20.1 Å². The van der Waals surface area contributed by atoms with Gasteiger partial charge in [-0.2, -0.15) is 0 Å². The second kappa shape index (κ2) is 8.95. The minimum absolute atomic E-state index is 0. The maximum atomic E-state index is 5.62. The van der Waals surface area contributed by atoms with Gasteiger partial charge in [0.25, 0.3) is 0 Å². The third-order valence-electron chi connectivity index (χ3n) is 2.84. The summed E-state index contributed by atoms with van der Waals surface area (Å²) in [4.78, 5) is 2.34. The van der Waals surface area contributed by atoms with Crippen LogP contribution in [0.3, 0.4) is 0 Å². The summed E-state index contributed by atoms with van der Waals surface area (Å²) in [7, 11) is 2.17. The maximum absolute atomic E-state index is 5.62. The van der Waals surface area contributed by atoms with Crippen LogP contribution in [-0.2, 0) is 6.42 Å². The molecule has 104 valence electrons. The second-order valence-corrected chi connectivity index (χ2v) is 4.81. The molecular weight excluding hydrogens is 226 g/mol. The molecule has 0 unspecified atom stereocenters. The van der Waals surface area contributed by atoms with Gasteiger partial charge in [0.15, 0.2) is 0 Å². The first-order valence-electron chi connectivity index (χ1n) is 6.56. The molecule has 1 aromatic rings. The smallest absolute Gasteiger partial charge is 0.119 e. The van der Waals surface area contributed by atoms with Crippen molar-refractivity contribution in [1.29, 1.82) is 0 Å². The van der Waals surface area contributed by atoms with Gasteiger partial charge in [-0.3, -0.25) is 0 Å². The predicted molar refractivity (Wildman–Crippen MR) is 77.3 cm³/mol. The molecule has 0 amide bonds. The van der Waals surface area contributed by atoms with Gasteiger partial charge in [0, 0.05) is 0 Å². The largest absolute Gasteiger partial charge is 0.491 e. The molecule has 1 aromatic carbocycles. The lowest BCUT2D eigenvalue weighted by molar-refractivity contribution is 0.242. The van der Waals surface area contributed by atoms with Crippen LogP contribution in [0, 0.1) is 0 Å². The molecule has 0 aromatic heterocycles. The highest BCUT2D eigenvalue weighted by Crippen LogP contribution is 2.14. The lowest BCUT2D eigenvalue weighted by Crippen LogP contribution is -2.19. The van der Waals surface area contributed by atoms with Crippen LogP contribution in [0.4, 0.5) is 0 Å². The fraction of sp³-hybridized carbons (Fsp3) is 0.600. The molecule has 0 saturated carbocycles. The van der Waals surface area contributed by atoms with Crippen molar-refractivity contribution in [3.8, 4) is 5.75 Å². The van der Waals surface area contributed by atoms with E-state index in [-0.39, 0.29) is 11.6 Å². The van der Waals surface area contributed by atoms with Crippen LogP contribution in [0.5, 0.6) is 5.75 Å². The number of hydrogen-bond acceptors (Lipinski definition) is 2. The zero-order valence-electron chi connectivity index (χ0n) is 12.1. The highest BCUT2D eigenvalue weighted by atomic mass is 16.5. The minimum atomic E-state index is 0. The Bertz CT molecular complexity index is 309. The van der Waals surface area contributed by atoms with Gasteiger partial charge in [0.2, 0.25) is 0 Å². The number of aryl methyl sites for hydroxylation is 1. The van der Waals surface area contributed by atoms with Gasteiger partial charge < -0.3 is 15.1 Å². The first kappa shape index (κ1) is 16.9. The first-order valence-corrected chi connectivity index (χ1v) is 6.56. The molecule has 0 aliphatic carbocycles. The fourth-order valence-electron chi connectivity index (χ4n) is 1.72. The van der Waals surface area contributed by atoms with Gasteiger partial charge in [-0.05, 0) is 64.5 Å². The van der Waals surface area contributed by atoms with E-state index in [1.165, 1.54) is 18.5 Å². The van der Waals surface area contributed by atoms with Crippen molar-refractivity contribution < 1.29 is 10.2 Å². The van der Waals surface area contributed by atoms with Gasteiger partial charge in [-0.25, -0.2) is 0 Å². The van der Waals surface area contributed by atoms with Gasteiger partial charge in [-0.15, -0.1) is 0 Å². The van der Waals surface area contributed by atoms with Crippen molar-refractivity contribution in [2.45, 2.75) is 39.7 Å². The van der Waals surface area contributed by atoms with E-state index in [4.69, 9.17) is 4.74 Å². The van der Waals surface area contributed by atoms with Gasteiger partial charge >= 0.3 is 0 Å². The Hall–Kier alpha value is -1.06. The number of rotatable bonds is 7. The Balaban J connectivity index is 0.00000289. The molecule has 0 spiro atoms. The lowest BCUT2D eigenvalue weighted by Gasteiger charge is -2.13. The van der Waals surface area contributed by atoms with E-state index in [9.17, 15) is 0 Å². The van der Waals surface area contributed by atoms with Crippen LogP contribution in [-0.4, -0.2) is 36.6 Å². The van der Waals surface area contributed by atoms with Crippen molar-refractivity contribution in [3.63, 3.8) is 0 Å². The van der Waals surface area contributed by atoms with Crippen molar-refractivity contribution in [2.24, 2.45) is 0 Å². The monoisotopic (exact) mass is 253 g/mol. The van der Waals surface area contributed by atoms with E-state index in [0.717, 1.165) is 18.7 Å². The Labute approximate surface area is 111 Å².